The average Bonchev–Trinajstić information content (AvgIpc) is 1.97. The maximum atomic E-state index is 11.0. The number of nitrogen functional groups attached to an aromatic ring is 1. The lowest BCUT2D eigenvalue weighted by Crippen LogP contribution is -2.15. The third-order valence-electron chi connectivity index (χ3n) is 1.43. The van der Waals surface area contributed by atoms with Gasteiger partial charge in [-0.05, 0) is 6.07 Å². The predicted molar refractivity (Wildman–Crippen MR) is 57.3 cm³/mol. The van der Waals surface area contributed by atoms with Crippen LogP contribution in [0.3, 0.4) is 0 Å². The highest BCUT2D eigenvalue weighted by molar-refractivity contribution is 7.89. The normalized spacial score (nSPS) is 11.7. The fourth-order valence-electron chi connectivity index (χ4n) is 0.886. The van der Waals surface area contributed by atoms with Crippen LogP contribution in [0.5, 0.6) is 0 Å². The highest BCUT2D eigenvalue weighted by atomic mass is 35.5. The molecule has 0 spiro atoms. The average molecular weight is 276 g/mol. The van der Waals surface area contributed by atoms with Crippen LogP contribution in [0, 0.1) is 0 Å². The van der Waals surface area contributed by atoms with Crippen molar-refractivity contribution in [2.24, 2.45) is 5.14 Å². The van der Waals surface area contributed by atoms with Crippen molar-refractivity contribution in [2.75, 3.05) is 5.73 Å². The van der Waals surface area contributed by atoms with Crippen molar-refractivity contribution in [3.05, 3.63) is 21.1 Å². The zero-order valence-electron chi connectivity index (χ0n) is 6.59. The Bertz CT molecular complexity index is 486. The lowest BCUT2D eigenvalue weighted by atomic mass is 10.3. The van der Waals surface area contributed by atoms with Gasteiger partial charge in [0.2, 0.25) is 10.0 Å². The molecule has 0 aliphatic heterocycles. The van der Waals surface area contributed by atoms with Gasteiger partial charge in [0.15, 0.2) is 0 Å². The Morgan fingerprint density at radius 1 is 1.14 bits per heavy atom. The fraction of sp³-hybridized carbons (Fsp3) is 0. The van der Waals surface area contributed by atoms with Crippen molar-refractivity contribution in [2.45, 2.75) is 4.90 Å². The zero-order valence-corrected chi connectivity index (χ0v) is 9.67. The first-order valence-electron chi connectivity index (χ1n) is 3.21. The molecule has 4 N–H and O–H groups in total. The minimum absolute atomic E-state index is 0.0709. The molecule has 14 heavy (non-hydrogen) atoms. The van der Waals surface area contributed by atoms with Gasteiger partial charge in [0.25, 0.3) is 0 Å². The summed E-state index contributed by atoms with van der Waals surface area (Å²) >= 11 is 16.9. The number of benzene rings is 1. The summed E-state index contributed by atoms with van der Waals surface area (Å²) in [6, 6.07) is 1.18. The molecular formula is C6H5Cl3N2O2S. The van der Waals surface area contributed by atoms with Crippen molar-refractivity contribution in [3.63, 3.8) is 0 Å². The van der Waals surface area contributed by atoms with Crippen LogP contribution < -0.4 is 10.9 Å². The van der Waals surface area contributed by atoms with E-state index in [9.17, 15) is 8.42 Å². The zero-order chi connectivity index (χ0) is 11.1. The molecule has 78 valence electrons. The van der Waals surface area contributed by atoms with E-state index in [1.165, 1.54) is 6.07 Å². The van der Waals surface area contributed by atoms with E-state index in [0.29, 0.717) is 0 Å². The monoisotopic (exact) mass is 274 g/mol. The summed E-state index contributed by atoms with van der Waals surface area (Å²) in [6.07, 6.45) is 0. The molecule has 0 fully saturated rings. The Labute approximate surface area is 95.8 Å². The van der Waals surface area contributed by atoms with Gasteiger partial charge in [0.05, 0.1) is 20.8 Å². The molecule has 0 radical (unpaired) electrons. The Hall–Kier alpha value is -0.200. The van der Waals surface area contributed by atoms with Gasteiger partial charge >= 0.3 is 0 Å². The minimum Gasteiger partial charge on any atom is -0.398 e. The first kappa shape index (κ1) is 11.9. The highest BCUT2D eigenvalue weighted by Crippen LogP contribution is 2.38. The molecule has 0 saturated heterocycles. The van der Waals surface area contributed by atoms with E-state index < -0.39 is 14.9 Å². The Morgan fingerprint density at radius 3 is 2.07 bits per heavy atom. The fourth-order valence-corrected chi connectivity index (χ4v) is 2.62. The third-order valence-corrected chi connectivity index (χ3v) is 3.81. The third kappa shape index (κ3) is 2.07. The molecule has 0 heterocycles. The molecule has 0 bridgehead atoms. The maximum absolute atomic E-state index is 11.0. The highest BCUT2D eigenvalue weighted by Gasteiger charge is 2.21. The van der Waals surface area contributed by atoms with E-state index in [1.807, 2.05) is 0 Å². The van der Waals surface area contributed by atoms with Crippen molar-refractivity contribution >= 4 is 50.5 Å². The van der Waals surface area contributed by atoms with Gasteiger partial charge in [-0.25, -0.2) is 13.6 Å². The lowest BCUT2D eigenvalue weighted by molar-refractivity contribution is 0.598. The summed E-state index contributed by atoms with van der Waals surface area (Å²) < 4.78 is 22.1. The summed E-state index contributed by atoms with van der Waals surface area (Å²) in [4.78, 5) is -0.409. The molecule has 0 amide bonds. The predicted octanol–water partition coefficient (Wildman–Crippen LogP) is 1.88. The molecule has 8 heteroatoms. The van der Waals surface area contributed by atoms with Crippen molar-refractivity contribution in [1.29, 1.82) is 0 Å². The molecule has 0 atom stereocenters. The van der Waals surface area contributed by atoms with E-state index in [-0.39, 0.29) is 20.8 Å². The summed E-state index contributed by atoms with van der Waals surface area (Å²) in [6.45, 7) is 0. The van der Waals surface area contributed by atoms with Crippen LogP contribution in [0.2, 0.25) is 15.1 Å². The van der Waals surface area contributed by atoms with E-state index in [1.54, 1.807) is 0 Å². The molecule has 0 saturated carbocycles. The van der Waals surface area contributed by atoms with Crippen LogP contribution in [-0.2, 0) is 10.0 Å². The standard InChI is InChI=1S/C6H5Cl3N2O2S/c7-2-1-3(10)6(14(11,12)13)5(9)4(2)8/h1H,10H2,(H2,11,12,13). The van der Waals surface area contributed by atoms with Gasteiger partial charge in [-0.1, -0.05) is 34.8 Å². The number of rotatable bonds is 1. The van der Waals surface area contributed by atoms with Crippen LogP contribution in [0.25, 0.3) is 0 Å². The summed E-state index contributed by atoms with van der Waals surface area (Å²) in [5.41, 5.74) is 5.26. The van der Waals surface area contributed by atoms with Gasteiger partial charge < -0.3 is 5.73 Å². The minimum atomic E-state index is -4.00. The lowest BCUT2D eigenvalue weighted by Gasteiger charge is -2.08. The van der Waals surface area contributed by atoms with Crippen molar-refractivity contribution in [1.82, 2.24) is 0 Å². The number of anilines is 1. The summed E-state index contributed by atoms with van der Waals surface area (Å²) in [5.74, 6) is 0. The van der Waals surface area contributed by atoms with E-state index in [0.717, 1.165) is 0 Å². The number of primary sulfonamides is 1. The van der Waals surface area contributed by atoms with Crippen LogP contribution in [-0.4, -0.2) is 8.42 Å². The van der Waals surface area contributed by atoms with Crippen LogP contribution in [0.15, 0.2) is 11.0 Å². The molecular weight excluding hydrogens is 271 g/mol. The van der Waals surface area contributed by atoms with E-state index in [4.69, 9.17) is 45.7 Å². The summed E-state index contributed by atoms with van der Waals surface area (Å²) in [5, 5.41) is 4.60. The van der Waals surface area contributed by atoms with E-state index >= 15 is 0 Å². The van der Waals surface area contributed by atoms with Gasteiger partial charge in [-0.3, -0.25) is 0 Å². The first-order chi connectivity index (χ1) is 6.25. The van der Waals surface area contributed by atoms with Crippen molar-refractivity contribution in [3.8, 4) is 0 Å². The number of halogens is 3. The molecule has 4 nitrogen and oxygen atoms in total. The topological polar surface area (TPSA) is 86.2 Å². The van der Waals surface area contributed by atoms with E-state index in [2.05, 4.69) is 0 Å². The maximum Gasteiger partial charge on any atom is 0.241 e. The summed E-state index contributed by atoms with van der Waals surface area (Å²) in [7, 11) is -4.00. The van der Waals surface area contributed by atoms with Crippen LogP contribution in [0.1, 0.15) is 0 Å². The number of hydrogen-bond donors (Lipinski definition) is 2. The molecule has 0 aliphatic rings. The van der Waals surface area contributed by atoms with Crippen molar-refractivity contribution < 1.29 is 8.42 Å². The van der Waals surface area contributed by atoms with Gasteiger partial charge in [-0.2, -0.15) is 0 Å². The molecule has 0 aromatic heterocycles. The number of sulfonamides is 1. The second-order valence-corrected chi connectivity index (χ2v) is 5.11. The first-order valence-corrected chi connectivity index (χ1v) is 5.89. The van der Waals surface area contributed by atoms with Gasteiger partial charge in [0.1, 0.15) is 4.90 Å². The van der Waals surface area contributed by atoms with Crippen LogP contribution >= 0.6 is 34.8 Å². The smallest absolute Gasteiger partial charge is 0.241 e. The molecule has 1 rings (SSSR count). The largest absolute Gasteiger partial charge is 0.398 e. The second kappa shape index (κ2) is 3.75. The quantitative estimate of drug-likeness (QED) is 0.606. The Kier molecular flexibility index (Phi) is 3.18. The molecule has 0 unspecified atom stereocenters. The Balaban J connectivity index is 3.70. The molecule has 1 aromatic rings. The number of hydrogen-bond acceptors (Lipinski definition) is 3. The molecule has 1 aromatic carbocycles. The number of nitrogens with two attached hydrogens (primary N) is 2. The SMILES string of the molecule is Nc1cc(Cl)c(Cl)c(Cl)c1S(N)(=O)=O. The van der Waals surface area contributed by atoms with Crippen LogP contribution in [0.4, 0.5) is 5.69 Å². The van der Waals surface area contributed by atoms with Gasteiger partial charge in [0, 0.05) is 0 Å². The van der Waals surface area contributed by atoms with Gasteiger partial charge in [-0.15, -0.1) is 0 Å². The second-order valence-electron chi connectivity index (χ2n) is 2.45. The Morgan fingerprint density at radius 2 is 1.64 bits per heavy atom. The molecule has 0 aliphatic carbocycles.